The number of benzene rings is 2. The Kier molecular flexibility index (Phi) is 7.81. The first-order valence-electron chi connectivity index (χ1n) is 9.82. The molecule has 158 valence electrons. The summed E-state index contributed by atoms with van der Waals surface area (Å²) >= 11 is 0. The van der Waals surface area contributed by atoms with E-state index < -0.39 is 10.0 Å². The molecule has 0 radical (unpaired) electrons. The number of nitrogens with zero attached hydrogens (tertiary/aromatic N) is 1. The van der Waals surface area contributed by atoms with Gasteiger partial charge in [-0.2, -0.15) is 4.31 Å². The van der Waals surface area contributed by atoms with Crippen LogP contribution in [0.3, 0.4) is 0 Å². The summed E-state index contributed by atoms with van der Waals surface area (Å²) in [5.74, 6) is 0.753. The quantitative estimate of drug-likeness (QED) is 0.663. The highest BCUT2D eigenvalue weighted by atomic mass is 32.2. The van der Waals surface area contributed by atoms with Gasteiger partial charge in [0.15, 0.2) is 6.61 Å². The zero-order valence-corrected chi connectivity index (χ0v) is 18.5. The highest BCUT2D eigenvalue weighted by Gasteiger charge is 2.21. The van der Waals surface area contributed by atoms with E-state index in [1.807, 2.05) is 19.1 Å². The molecule has 0 aliphatic rings. The van der Waals surface area contributed by atoms with Gasteiger partial charge >= 0.3 is 0 Å². The minimum absolute atomic E-state index is 0.123. The van der Waals surface area contributed by atoms with Crippen LogP contribution in [0.5, 0.6) is 5.75 Å². The molecule has 0 spiro atoms. The molecule has 7 heteroatoms. The Hall–Kier alpha value is -2.38. The van der Waals surface area contributed by atoms with Crippen LogP contribution in [0, 0.1) is 6.92 Å². The topological polar surface area (TPSA) is 75.7 Å². The van der Waals surface area contributed by atoms with Crippen molar-refractivity contribution in [2.45, 2.75) is 45.4 Å². The zero-order chi connectivity index (χ0) is 21.6. The van der Waals surface area contributed by atoms with Crippen LogP contribution in [0.1, 0.15) is 44.7 Å². The van der Waals surface area contributed by atoms with E-state index in [9.17, 15) is 13.2 Å². The highest BCUT2D eigenvalue weighted by molar-refractivity contribution is 7.89. The van der Waals surface area contributed by atoms with Crippen molar-refractivity contribution in [3.63, 3.8) is 0 Å². The molecule has 0 saturated carbocycles. The number of carbonyl (C=O) groups is 1. The van der Waals surface area contributed by atoms with Gasteiger partial charge in [-0.25, -0.2) is 8.42 Å². The molecular formula is C22H30N2O4S. The molecule has 6 nitrogen and oxygen atoms in total. The highest BCUT2D eigenvalue weighted by Crippen LogP contribution is 2.24. The van der Waals surface area contributed by atoms with Crippen molar-refractivity contribution >= 4 is 21.6 Å². The van der Waals surface area contributed by atoms with Crippen molar-refractivity contribution in [3.05, 3.63) is 53.6 Å². The second kappa shape index (κ2) is 9.89. The fourth-order valence-corrected chi connectivity index (χ4v) is 4.35. The van der Waals surface area contributed by atoms with Gasteiger partial charge in [0.2, 0.25) is 10.0 Å². The number of carbonyl (C=O) groups excluding carboxylic acids is 1. The molecule has 2 aromatic rings. The number of hydrogen-bond acceptors (Lipinski definition) is 4. The minimum Gasteiger partial charge on any atom is -0.483 e. The molecule has 0 aliphatic carbocycles. The monoisotopic (exact) mass is 418 g/mol. The van der Waals surface area contributed by atoms with Gasteiger partial charge in [-0.15, -0.1) is 0 Å². The number of rotatable bonds is 9. The second-order valence-electron chi connectivity index (χ2n) is 7.13. The van der Waals surface area contributed by atoms with E-state index in [2.05, 4.69) is 25.2 Å². The summed E-state index contributed by atoms with van der Waals surface area (Å²) in [6, 6.07) is 12.2. The predicted molar refractivity (Wildman–Crippen MR) is 116 cm³/mol. The molecule has 29 heavy (non-hydrogen) atoms. The van der Waals surface area contributed by atoms with E-state index in [1.54, 1.807) is 26.0 Å². The smallest absolute Gasteiger partial charge is 0.262 e. The van der Waals surface area contributed by atoms with E-state index >= 15 is 0 Å². The van der Waals surface area contributed by atoms with Crippen molar-refractivity contribution in [1.82, 2.24) is 4.31 Å². The number of aryl methyl sites for hydroxylation is 1. The maximum Gasteiger partial charge on any atom is 0.262 e. The molecule has 2 aromatic carbocycles. The summed E-state index contributed by atoms with van der Waals surface area (Å²) in [4.78, 5) is 12.4. The summed E-state index contributed by atoms with van der Waals surface area (Å²) in [5.41, 5.74) is 2.63. The lowest BCUT2D eigenvalue weighted by atomic mass is 10.0. The van der Waals surface area contributed by atoms with Gasteiger partial charge in [-0.1, -0.05) is 39.8 Å². The summed E-state index contributed by atoms with van der Waals surface area (Å²) in [7, 11) is -3.51. The van der Waals surface area contributed by atoms with Crippen molar-refractivity contribution in [2.24, 2.45) is 0 Å². The van der Waals surface area contributed by atoms with Crippen molar-refractivity contribution in [1.29, 1.82) is 0 Å². The van der Waals surface area contributed by atoms with Gasteiger partial charge < -0.3 is 10.1 Å². The van der Waals surface area contributed by atoms with Crippen LogP contribution in [-0.2, 0) is 14.8 Å². The van der Waals surface area contributed by atoms with Gasteiger partial charge in [0, 0.05) is 18.8 Å². The maximum absolute atomic E-state index is 12.5. The van der Waals surface area contributed by atoms with Crippen LogP contribution in [0.25, 0.3) is 0 Å². The maximum atomic E-state index is 12.5. The van der Waals surface area contributed by atoms with Gasteiger partial charge in [-0.3, -0.25) is 4.79 Å². The van der Waals surface area contributed by atoms with Gasteiger partial charge in [0.1, 0.15) is 5.75 Å². The summed E-state index contributed by atoms with van der Waals surface area (Å²) in [5, 5.41) is 2.73. The first-order valence-corrected chi connectivity index (χ1v) is 11.3. The number of anilines is 1. The Balaban J connectivity index is 2.01. The Morgan fingerprint density at radius 1 is 1.07 bits per heavy atom. The van der Waals surface area contributed by atoms with Crippen LogP contribution < -0.4 is 10.1 Å². The van der Waals surface area contributed by atoms with Crippen molar-refractivity contribution < 1.29 is 17.9 Å². The third-order valence-corrected chi connectivity index (χ3v) is 6.78. The molecule has 0 fully saturated rings. The van der Waals surface area contributed by atoms with E-state index in [4.69, 9.17) is 4.74 Å². The first kappa shape index (κ1) is 22.9. The summed E-state index contributed by atoms with van der Waals surface area (Å²) in [6.07, 6.45) is 0. The SMILES string of the molecule is CCN(CC)S(=O)(=O)c1ccc(NC(=O)COc2cc(C(C)C)ccc2C)cc1. The second-order valence-corrected chi connectivity index (χ2v) is 9.07. The minimum atomic E-state index is -3.51. The third-order valence-electron chi connectivity index (χ3n) is 4.72. The van der Waals surface area contributed by atoms with E-state index in [-0.39, 0.29) is 17.4 Å². The van der Waals surface area contributed by atoms with Crippen LogP contribution >= 0.6 is 0 Å². The molecule has 2 rings (SSSR count). The number of nitrogens with one attached hydrogen (secondary N) is 1. The molecule has 0 bridgehead atoms. The molecule has 0 aromatic heterocycles. The molecule has 0 heterocycles. The standard InChI is InChI=1S/C22H30N2O4S/c1-6-24(7-2)29(26,27)20-12-10-19(11-13-20)23-22(25)15-28-21-14-18(16(3)4)9-8-17(21)5/h8-14,16H,6-7,15H2,1-5H3,(H,23,25). The fraction of sp³-hybridized carbons (Fsp3) is 0.409. The van der Waals surface area contributed by atoms with Crippen LogP contribution in [0.2, 0.25) is 0 Å². The molecule has 1 amide bonds. The summed E-state index contributed by atoms with van der Waals surface area (Å²) in [6.45, 7) is 10.4. The molecule has 0 aliphatic heterocycles. The average Bonchev–Trinajstić information content (AvgIpc) is 2.68. The molecule has 0 saturated heterocycles. The molecule has 0 atom stereocenters. The third kappa shape index (κ3) is 5.81. The lowest BCUT2D eigenvalue weighted by molar-refractivity contribution is -0.118. The summed E-state index contributed by atoms with van der Waals surface area (Å²) < 4.78 is 32.1. The Morgan fingerprint density at radius 2 is 1.69 bits per heavy atom. The Morgan fingerprint density at radius 3 is 2.24 bits per heavy atom. The van der Waals surface area contributed by atoms with Crippen molar-refractivity contribution in [2.75, 3.05) is 25.0 Å². The van der Waals surface area contributed by atoms with E-state index in [0.717, 1.165) is 11.1 Å². The van der Waals surface area contributed by atoms with Crippen LogP contribution in [0.15, 0.2) is 47.4 Å². The molecular weight excluding hydrogens is 388 g/mol. The van der Waals surface area contributed by atoms with Gasteiger partial charge in [-0.05, 0) is 54.3 Å². The predicted octanol–water partition coefficient (Wildman–Crippen LogP) is 4.17. The number of ether oxygens (including phenoxy) is 1. The lowest BCUT2D eigenvalue weighted by Crippen LogP contribution is -2.30. The normalized spacial score (nSPS) is 11.7. The number of hydrogen-bond donors (Lipinski definition) is 1. The zero-order valence-electron chi connectivity index (χ0n) is 17.7. The fourth-order valence-electron chi connectivity index (χ4n) is 2.89. The van der Waals surface area contributed by atoms with E-state index in [0.29, 0.717) is 30.4 Å². The van der Waals surface area contributed by atoms with Crippen molar-refractivity contribution in [3.8, 4) is 5.75 Å². The number of sulfonamides is 1. The molecule has 0 unspecified atom stereocenters. The molecule has 1 N–H and O–H groups in total. The van der Waals surface area contributed by atoms with Gasteiger partial charge in [0.05, 0.1) is 4.90 Å². The Labute approximate surface area is 173 Å². The van der Waals surface area contributed by atoms with Crippen LogP contribution in [0.4, 0.5) is 5.69 Å². The first-order chi connectivity index (χ1) is 13.7. The average molecular weight is 419 g/mol. The largest absolute Gasteiger partial charge is 0.483 e. The lowest BCUT2D eigenvalue weighted by Gasteiger charge is -2.18. The van der Waals surface area contributed by atoms with Crippen LogP contribution in [-0.4, -0.2) is 38.3 Å². The van der Waals surface area contributed by atoms with Gasteiger partial charge in [0.25, 0.3) is 5.91 Å². The Bertz CT molecular complexity index is 934. The number of amides is 1. The van der Waals surface area contributed by atoms with E-state index in [1.165, 1.54) is 16.4 Å².